The average molecular weight is 398 g/mol. The molecule has 3 aromatic rings. The molecule has 3 heterocycles. The van der Waals surface area contributed by atoms with Gasteiger partial charge in [-0.1, -0.05) is 13.0 Å². The lowest BCUT2D eigenvalue weighted by atomic mass is 10.1. The Labute approximate surface area is 166 Å². The van der Waals surface area contributed by atoms with Crippen molar-refractivity contribution in [3.8, 4) is 11.4 Å². The number of pyridine rings is 1. The van der Waals surface area contributed by atoms with Crippen molar-refractivity contribution < 1.29 is 13.5 Å². The van der Waals surface area contributed by atoms with Crippen molar-refractivity contribution in [2.45, 2.75) is 19.4 Å². The van der Waals surface area contributed by atoms with Crippen molar-refractivity contribution >= 4 is 5.82 Å². The second-order valence-electron chi connectivity index (χ2n) is 6.82. The lowest BCUT2D eigenvalue weighted by Gasteiger charge is -2.34. The van der Waals surface area contributed by atoms with E-state index in [1.165, 1.54) is 18.2 Å². The van der Waals surface area contributed by atoms with Crippen LogP contribution in [0.3, 0.4) is 0 Å². The number of morpholine rings is 1. The van der Waals surface area contributed by atoms with E-state index in [1.54, 1.807) is 6.20 Å². The van der Waals surface area contributed by atoms with Crippen LogP contribution in [0.25, 0.3) is 11.4 Å². The lowest BCUT2D eigenvalue weighted by Crippen LogP contribution is -2.38. The summed E-state index contributed by atoms with van der Waals surface area (Å²) < 4.78 is 32.5. The van der Waals surface area contributed by atoms with Gasteiger partial charge in [-0.2, -0.15) is 0 Å². The summed E-state index contributed by atoms with van der Waals surface area (Å²) in [6, 6.07) is 8.99. The molecule has 1 saturated heterocycles. The summed E-state index contributed by atoms with van der Waals surface area (Å²) in [6.07, 6.45) is 1.95. The van der Waals surface area contributed by atoms with Crippen LogP contribution >= 0.6 is 0 Å². The summed E-state index contributed by atoms with van der Waals surface area (Å²) in [6.45, 7) is 3.49. The molecule has 0 bridgehead atoms. The lowest BCUT2D eigenvalue weighted by molar-refractivity contribution is 0.0393. The summed E-state index contributed by atoms with van der Waals surface area (Å²) in [4.78, 5) is 25.5. The summed E-state index contributed by atoms with van der Waals surface area (Å²) in [5.74, 6) is -0.548. The molecule has 1 aromatic carbocycles. The van der Waals surface area contributed by atoms with Crippen LogP contribution < -0.4 is 10.5 Å². The van der Waals surface area contributed by atoms with Crippen molar-refractivity contribution in [2.75, 3.05) is 24.6 Å². The van der Waals surface area contributed by atoms with Crippen molar-refractivity contribution in [3.63, 3.8) is 0 Å². The molecule has 6 nitrogen and oxygen atoms in total. The zero-order valence-electron chi connectivity index (χ0n) is 15.9. The molecule has 1 atom stereocenters. The number of anilines is 1. The molecule has 1 aliphatic heterocycles. The standard InChI is InChI=1S/C21H20F2N4O2/c1-2-15-10-20(28)26-21(25-15)14-4-6-19(24-11-14)27-7-8-29-18(12-27)13-3-5-16(22)17(23)9-13/h3-6,9-11,18H,2,7-8,12H2,1H3,(H,25,26,28). The van der Waals surface area contributed by atoms with E-state index in [0.29, 0.717) is 43.1 Å². The summed E-state index contributed by atoms with van der Waals surface area (Å²) in [7, 11) is 0. The molecule has 1 unspecified atom stereocenters. The van der Waals surface area contributed by atoms with Gasteiger partial charge < -0.3 is 14.6 Å². The van der Waals surface area contributed by atoms with Crippen LogP contribution in [0, 0.1) is 11.6 Å². The number of ether oxygens (including phenoxy) is 1. The topological polar surface area (TPSA) is 71.1 Å². The highest BCUT2D eigenvalue weighted by molar-refractivity contribution is 5.56. The third kappa shape index (κ3) is 4.17. The number of halogens is 2. The zero-order chi connectivity index (χ0) is 20.4. The van der Waals surface area contributed by atoms with Gasteiger partial charge in [0.05, 0.1) is 6.61 Å². The number of aryl methyl sites for hydroxylation is 1. The van der Waals surface area contributed by atoms with Crippen molar-refractivity contribution in [3.05, 3.63) is 75.8 Å². The normalized spacial score (nSPS) is 16.8. The van der Waals surface area contributed by atoms with E-state index >= 15 is 0 Å². The smallest absolute Gasteiger partial charge is 0.251 e. The highest BCUT2D eigenvalue weighted by Gasteiger charge is 2.24. The van der Waals surface area contributed by atoms with Gasteiger partial charge in [-0.15, -0.1) is 0 Å². The van der Waals surface area contributed by atoms with Crippen LogP contribution in [0.4, 0.5) is 14.6 Å². The Morgan fingerprint density at radius 1 is 1.21 bits per heavy atom. The quantitative estimate of drug-likeness (QED) is 0.731. The fourth-order valence-corrected chi connectivity index (χ4v) is 3.31. The number of H-pyrrole nitrogens is 1. The zero-order valence-corrected chi connectivity index (χ0v) is 15.9. The molecule has 29 heavy (non-hydrogen) atoms. The van der Waals surface area contributed by atoms with Crippen LogP contribution in [0.15, 0.2) is 47.4 Å². The molecule has 1 N–H and O–H groups in total. The minimum atomic E-state index is -0.887. The molecular formula is C21H20F2N4O2. The van der Waals surface area contributed by atoms with Gasteiger partial charge in [0.1, 0.15) is 17.7 Å². The molecule has 0 aliphatic carbocycles. The van der Waals surface area contributed by atoms with E-state index < -0.39 is 11.6 Å². The second kappa shape index (κ2) is 8.08. The number of nitrogens with one attached hydrogen (secondary N) is 1. The third-order valence-electron chi connectivity index (χ3n) is 4.88. The molecule has 0 saturated carbocycles. The molecule has 1 fully saturated rings. The largest absolute Gasteiger partial charge is 0.370 e. The minimum absolute atomic E-state index is 0.196. The Morgan fingerprint density at radius 2 is 2.07 bits per heavy atom. The molecule has 0 radical (unpaired) electrons. The molecule has 0 spiro atoms. The fourth-order valence-electron chi connectivity index (χ4n) is 3.31. The monoisotopic (exact) mass is 398 g/mol. The number of hydrogen-bond acceptors (Lipinski definition) is 5. The molecule has 1 aliphatic rings. The van der Waals surface area contributed by atoms with E-state index in [4.69, 9.17) is 4.74 Å². The summed E-state index contributed by atoms with van der Waals surface area (Å²) >= 11 is 0. The molecule has 4 rings (SSSR count). The van der Waals surface area contributed by atoms with Gasteiger partial charge in [-0.3, -0.25) is 4.79 Å². The first-order valence-corrected chi connectivity index (χ1v) is 9.41. The van der Waals surface area contributed by atoms with Crippen LogP contribution in [-0.4, -0.2) is 34.6 Å². The van der Waals surface area contributed by atoms with Crippen molar-refractivity contribution in [1.82, 2.24) is 15.0 Å². The number of nitrogens with zero attached hydrogens (tertiary/aromatic N) is 3. The highest BCUT2D eigenvalue weighted by atomic mass is 19.2. The highest BCUT2D eigenvalue weighted by Crippen LogP contribution is 2.27. The van der Waals surface area contributed by atoms with Gasteiger partial charge in [0.25, 0.3) is 5.56 Å². The maximum Gasteiger partial charge on any atom is 0.251 e. The molecule has 150 valence electrons. The van der Waals surface area contributed by atoms with E-state index in [1.807, 2.05) is 24.0 Å². The van der Waals surface area contributed by atoms with E-state index in [9.17, 15) is 13.6 Å². The number of aromatic nitrogens is 3. The van der Waals surface area contributed by atoms with E-state index in [0.717, 1.165) is 17.6 Å². The van der Waals surface area contributed by atoms with Crippen LogP contribution in [0.1, 0.15) is 24.3 Å². The number of rotatable bonds is 4. The molecule has 8 heteroatoms. The maximum absolute atomic E-state index is 13.6. The predicted octanol–water partition coefficient (Wildman–Crippen LogP) is 3.25. The van der Waals surface area contributed by atoms with Gasteiger partial charge in [0.15, 0.2) is 11.6 Å². The van der Waals surface area contributed by atoms with Gasteiger partial charge in [-0.25, -0.2) is 18.7 Å². The molecule has 2 aromatic heterocycles. The second-order valence-corrected chi connectivity index (χ2v) is 6.82. The van der Waals surface area contributed by atoms with Gasteiger partial charge >= 0.3 is 0 Å². The van der Waals surface area contributed by atoms with E-state index in [-0.39, 0.29) is 11.7 Å². The number of aromatic amines is 1. The number of hydrogen-bond donors (Lipinski definition) is 1. The Morgan fingerprint density at radius 3 is 2.79 bits per heavy atom. The van der Waals surface area contributed by atoms with Gasteiger partial charge in [0, 0.05) is 36.6 Å². The minimum Gasteiger partial charge on any atom is -0.370 e. The van der Waals surface area contributed by atoms with Gasteiger partial charge in [0.2, 0.25) is 0 Å². The predicted molar refractivity (Wildman–Crippen MR) is 105 cm³/mol. The summed E-state index contributed by atoms with van der Waals surface area (Å²) in [5, 5.41) is 0. The Kier molecular flexibility index (Phi) is 5.35. The molecular weight excluding hydrogens is 378 g/mol. The third-order valence-corrected chi connectivity index (χ3v) is 4.88. The van der Waals surface area contributed by atoms with Crippen LogP contribution in [0.5, 0.6) is 0 Å². The fraction of sp³-hybridized carbons (Fsp3) is 0.286. The molecule has 0 amide bonds. The SMILES string of the molecule is CCc1cc(=O)[nH]c(-c2ccc(N3CCOC(c4ccc(F)c(F)c4)C3)nc2)n1. The maximum atomic E-state index is 13.6. The van der Waals surface area contributed by atoms with E-state index in [2.05, 4.69) is 15.0 Å². The summed E-state index contributed by atoms with van der Waals surface area (Å²) in [5.41, 5.74) is 1.82. The Bertz CT molecular complexity index is 1070. The Hall–Kier alpha value is -3.13. The van der Waals surface area contributed by atoms with Crippen molar-refractivity contribution in [2.24, 2.45) is 0 Å². The van der Waals surface area contributed by atoms with Gasteiger partial charge in [-0.05, 0) is 36.2 Å². The first kappa shape index (κ1) is 19.2. The average Bonchev–Trinajstić information content (AvgIpc) is 2.75. The van der Waals surface area contributed by atoms with Crippen LogP contribution in [0.2, 0.25) is 0 Å². The van der Waals surface area contributed by atoms with Crippen molar-refractivity contribution in [1.29, 1.82) is 0 Å². The first-order chi connectivity index (χ1) is 14.0. The van der Waals surface area contributed by atoms with Crippen LogP contribution in [-0.2, 0) is 11.2 Å². The Balaban J connectivity index is 1.53. The first-order valence-electron chi connectivity index (χ1n) is 9.41. The number of benzene rings is 1.